The van der Waals surface area contributed by atoms with Gasteiger partial charge in [-0.05, 0) is 60.9 Å². The molecule has 0 saturated heterocycles. The second kappa shape index (κ2) is 9.96. The Morgan fingerprint density at radius 3 is 2.19 bits per heavy atom. The molecule has 0 atom stereocenters. The van der Waals surface area contributed by atoms with Crippen molar-refractivity contribution in [2.45, 2.75) is 78.1 Å². The van der Waals surface area contributed by atoms with Crippen LogP contribution in [-0.4, -0.2) is 10.2 Å². The highest BCUT2D eigenvalue weighted by Crippen LogP contribution is 2.34. The van der Waals surface area contributed by atoms with Crippen LogP contribution < -0.4 is 0 Å². The number of rotatable bonds is 8. The molecule has 0 radical (unpaired) electrons. The van der Waals surface area contributed by atoms with Crippen LogP contribution in [0.1, 0.15) is 76.5 Å². The molecule has 1 aromatic heterocycles. The molecular formula is C24H33FN2. The summed E-state index contributed by atoms with van der Waals surface area (Å²) in [6, 6.07) is 9.45. The first-order chi connectivity index (χ1) is 13.2. The molecule has 1 saturated carbocycles. The van der Waals surface area contributed by atoms with Crippen LogP contribution in [0.25, 0.3) is 11.3 Å². The second-order valence-corrected chi connectivity index (χ2v) is 8.19. The van der Waals surface area contributed by atoms with Crippen molar-refractivity contribution in [2.24, 2.45) is 11.8 Å². The van der Waals surface area contributed by atoms with Gasteiger partial charge in [0.2, 0.25) is 0 Å². The molecule has 0 spiro atoms. The van der Waals surface area contributed by atoms with Crippen molar-refractivity contribution in [3.63, 3.8) is 0 Å². The van der Waals surface area contributed by atoms with Crippen LogP contribution in [0.4, 0.5) is 4.39 Å². The predicted molar refractivity (Wildman–Crippen MR) is 110 cm³/mol. The Morgan fingerprint density at radius 1 is 0.852 bits per heavy atom. The smallest absolute Gasteiger partial charge is 0.132 e. The van der Waals surface area contributed by atoms with Gasteiger partial charge in [-0.1, -0.05) is 64.9 Å². The van der Waals surface area contributed by atoms with Crippen molar-refractivity contribution in [1.82, 2.24) is 10.2 Å². The molecule has 3 heteroatoms. The number of halogens is 1. The third-order valence-electron chi connectivity index (χ3n) is 6.04. The summed E-state index contributed by atoms with van der Waals surface area (Å²) in [6.45, 7) is 4.40. The molecule has 0 aliphatic heterocycles. The zero-order chi connectivity index (χ0) is 19.1. The van der Waals surface area contributed by atoms with Crippen LogP contribution in [-0.2, 0) is 12.8 Å². The van der Waals surface area contributed by atoms with Gasteiger partial charge in [-0.15, -0.1) is 0 Å². The van der Waals surface area contributed by atoms with Gasteiger partial charge in [0.25, 0.3) is 0 Å². The predicted octanol–water partition coefficient (Wildman–Crippen LogP) is 6.77. The molecule has 1 aromatic carbocycles. The highest BCUT2D eigenvalue weighted by atomic mass is 19.1. The van der Waals surface area contributed by atoms with Crippen molar-refractivity contribution < 1.29 is 4.39 Å². The number of aryl methyl sites for hydroxylation is 2. The maximum absolute atomic E-state index is 14.6. The largest absolute Gasteiger partial charge is 0.206 e. The van der Waals surface area contributed by atoms with E-state index in [0.717, 1.165) is 42.4 Å². The third-order valence-corrected chi connectivity index (χ3v) is 6.04. The molecule has 2 nitrogen and oxygen atoms in total. The van der Waals surface area contributed by atoms with Crippen molar-refractivity contribution in [3.8, 4) is 11.3 Å². The number of hydrogen-bond donors (Lipinski definition) is 0. The van der Waals surface area contributed by atoms with Crippen molar-refractivity contribution in [2.75, 3.05) is 0 Å². The van der Waals surface area contributed by atoms with Gasteiger partial charge < -0.3 is 0 Å². The van der Waals surface area contributed by atoms with Crippen LogP contribution in [0, 0.1) is 17.7 Å². The van der Waals surface area contributed by atoms with E-state index < -0.39 is 0 Å². The number of hydrogen-bond acceptors (Lipinski definition) is 2. The number of benzene rings is 1. The molecule has 0 amide bonds. The first kappa shape index (κ1) is 20.0. The Labute approximate surface area is 163 Å². The van der Waals surface area contributed by atoms with E-state index in [1.165, 1.54) is 44.9 Å². The van der Waals surface area contributed by atoms with Crippen LogP contribution in [0.3, 0.4) is 0 Å². The molecule has 1 heterocycles. The van der Waals surface area contributed by atoms with E-state index in [2.05, 4.69) is 30.1 Å². The Bertz CT molecular complexity index is 703. The lowest BCUT2D eigenvalue weighted by Crippen LogP contribution is -2.15. The van der Waals surface area contributed by atoms with E-state index in [4.69, 9.17) is 0 Å². The summed E-state index contributed by atoms with van der Waals surface area (Å²) in [5, 5.41) is 8.42. The van der Waals surface area contributed by atoms with Gasteiger partial charge in [0.05, 0.1) is 11.4 Å². The monoisotopic (exact) mass is 368 g/mol. The number of nitrogens with zero attached hydrogens (tertiary/aromatic N) is 2. The van der Waals surface area contributed by atoms with Crippen molar-refractivity contribution >= 4 is 0 Å². The second-order valence-electron chi connectivity index (χ2n) is 8.19. The Hall–Kier alpha value is -1.77. The number of aromatic nitrogens is 2. The zero-order valence-corrected chi connectivity index (χ0v) is 16.9. The van der Waals surface area contributed by atoms with Crippen molar-refractivity contribution in [1.29, 1.82) is 0 Å². The summed E-state index contributed by atoms with van der Waals surface area (Å²) >= 11 is 0. The standard InChI is InChI=1S/C24H33FN2/c1-3-5-18-7-9-19(10-8-18)11-12-20-13-15-22(23(25)17-20)24-16-14-21(6-4-2)26-27-24/h13-19H,3-12H2,1-2H3/t18-,19-. The topological polar surface area (TPSA) is 25.8 Å². The minimum absolute atomic E-state index is 0.184. The molecular weight excluding hydrogens is 335 g/mol. The molecule has 3 rings (SSSR count). The highest BCUT2D eigenvalue weighted by Gasteiger charge is 2.20. The lowest BCUT2D eigenvalue weighted by Gasteiger charge is -2.28. The molecule has 0 N–H and O–H groups in total. The van der Waals surface area contributed by atoms with Crippen LogP contribution >= 0.6 is 0 Å². The summed E-state index contributed by atoms with van der Waals surface area (Å²) in [5.41, 5.74) is 3.23. The molecule has 2 aromatic rings. The first-order valence-corrected chi connectivity index (χ1v) is 10.8. The minimum Gasteiger partial charge on any atom is -0.206 e. The summed E-state index contributed by atoms with van der Waals surface area (Å²) in [5.74, 6) is 1.59. The minimum atomic E-state index is -0.184. The normalized spacial score (nSPS) is 20.0. The van der Waals surface area contributed by atoms with Gasteiger partial charge in [0.1, 0.15) is 5.82 Å². The van der Waals surface area contributed by atoms with E-state index in [1.54, 1.807) is 6.07 Å². The SMILES string of the molecule is CCCc1ccc(-c2ccc(CC[C@H]3CC[C@H](CCC)CC3)cc2F)nn1. The maximum Gasteiger partial charge on any atom is 0.132 e. The molecule has 1 aliphatic rings. The van der Waals surface area contributed by atoms with Crippen LogP contribution in [0.2, 0.25) is 0 Å². The summed E-state index contributed by atoms with van der Waals surface area (Å²) in [4.78, 5) is 0. The first-order valence-electron chi connectivity index (χ1n) is 10.8. The fourth-order valence-corrected chi connectivity index (χ4v) is 4.40. The lowest BCUT2D eigenvalue weighted by molar-refractivity contribution is 0.252. The molecule has 1 aliphatic carbocycles. The summed E-state index contributed by atoms with van der Waals surface area (Å²) in [6.07, 6.45) is 12.3. The Kier molecular flexibility index (Phi) is 7.37. The van der Waals surface area contributed by atoms with Crippen LogP contribution in [0.15, 0.2) is 30.3 Å². The van der Waals surface area contributed by atoms with E-state index >= 15 is 0 Å². The fourth-order valence-electron chi connectivity index (χ4n) is 4.40. The Balaban J connectivity index is 1.55. The van der Waals surface area contributed by atoms with E-state index in [-0.39, 0.29) is 5.82 Å². The van der Waals surface area contributed by atoms with Gasteiger partial charge in [-0.3, -0.25) is 0 Å². The average Bonchev–Trinajstić information content (AvgIpc) is 2.69. The Morgan fingerprint density at radius 2 is 1.59 bits per heavy atom. The summed E-state index contributed by atoms with van der Waals surface area (Å²) in [7, 11) is 0. The zero-order valence-electron chi connectivity index (χ0n) is 16.9. The van der Waals surface area contributed by atoms with E-state index in [1.807, 2.05) is 18.2 Å². The maximum atomic E-state index is 14.6. The van der Waals surface area contributed by atoms with Gasteiger partial charge in [-0.2, -0.15) is 10.2 Å². The van der Waals surface area contributed by atoms with E-state index in [0.29, 0.717) is 11.3 Å². The van der Waals surface area contributed by atoms with Crippen LogP contribution in [0.5, 0.6) is 0 Å². The molecule has 1 fully saturated rings. The molecule has 27 heavy (non-hydrogen) atoms. The quantitative estimate of drug-likeness (QED) is 0.513. The van der Waals surface area contributed by atoms with Crippen molar-refractivity contribution in [3.05, 3.63) is 47.4 Å². The molecule has 0 unspecified atom stereocenters. The van der Waals surface area contributed by atoms with Gasteiger partial charge in [-0.25, -0.2) is 4.39 Å². The summed E-state index contributed by atoms with van der Waals surface area (Å²) < 4.78 is 14.6. The third kappa shape index (κ3) is 5.60. The highest BCUT2D eigenvalue weighted by molar-refractivity contribution is 5.59. The van der Waals surface area contributed by atoms with E-state index in [9.17, 15) is 4.39 Å². The average molecular weight is 369 g/mol. The molecule has 146 valence electrons. The molecule has 0 bridgehead atoms. The van der Waals surface area contributed by atoms with Gasteiger partial charge >= 0.3 is 0 Å². The van der Waals surface area contributed by atoms with Gasteiger partial charge in [0.15, 0.2) is 0 Å². The fraction of sp³-hybridized carbons (Fsp3) is 0.583. The lowest BCUT2D eigenvalue weighted by atomic mass is 9.78. The van der Waals surface area contributed by atoms with Gasteiger partial charge in [0, 0.05) is 5.56 Å².